The molecule has 0 saturated carbocycles. The van der Waals surface area contributed by atoms with Crippen LogP contribution in [0.2, 0.25) is 0 Å². The highest BCUT2D eigenvalue weighted by atomic mass is 19.4. The molecule has 0 spiro atoms. The van der Waals surface area contributed by atoms with Crippen LogP contribution in [0.25, 0.3) is 10.9 Å². The van der Waals surface area contributed by atoms with Crippen LogP contribution in [0.5, 0.6) is 0 Å². The van der Waals surface area contributed by atoms with Crippen LogP contribution >= 0.6 is 0 Å². The third-order valence-corrected chi connectivity index (χ3v) is 6.35. The molecule has 3 atom stereocenters. The van der Waals surface area contributed by atoms with E-state index in [4.69, 9.17) is 4.74 Å². The van der Waals surface area contributed by atoms with Gasteiger partial charge in [-0.25, -0.2) is 4.39 Å². The summed E-state index contributed by atoms with van der Waals surface area (Å²) < 4.78 is 63.7. The fourth-order valence-electron chi connectivity index (χ4n) is 4.47. The first-order valence-electron chi connectivity index (χ1n) is 10.5. The summed E-state index contributed by atoms with van der Waals surface area (Å²) in [7, 11) is 2.76. The van der Waals surface area contributed by atoms with Crippen LogP contribution in [0.4, 0.5) is 17.6 Å². The molecule has 9 heteroatoms. The van der Waals surface area contributed by atoms with E-state index in [1.54, 1.807) is 24.3 Å². The first-order chi connectivity index (χ1) is 15.3. The molecule has 0 radical (unpaired) electrons. The normalized spacial score (nSPS) is 23.0. The summed E-state index contributed by atoms with van der Waals surface area (Å²) in [5.41, 5.74) is -6.14. The van der Waals surface area contributed by atoms with Crippen LogP contribution in [-0.2, 0) is 11.2 Å². The van der Waals surface area contributed by atoms with Crippen molar-refractivity contribution in [2.24, 2.45) is 5.41 Å². The Morgan fingerprint density at radius 2 is 1.94 bits per heavy atom. The third-order valence-electron chi connectivity index (χ3n) is 6.35. The molecule has 0 bridgehead atoms. The number of amides is 1. The molecule has 1 aliphatic rings. The number of methoxy groups -OCH3 is 1. The topological polar surface area (TPSA) is 74.4 Å². The molecule has 3 N–H and O–H groups in total. The zero-order valence-corrected chi connectivity index (χ0v) is 18.9. The Bertz CT molecular complexity index is 1090. The van der Waals surface area contributed by atoms with Gasteiger partial charge in [-0.05, 0) is 36.8 Å². The standard InChI is InChI=1S/C24H28F4N2O3/c1-21(2,23(25)10-6-5-7-19(23)33-4)14-22(32,24(26,27)28)13-17-12-16-11-15(20(31)29-3)8-9-18(16)30-17/h5-12,19,30,32H,13-14H2,1-4H3,(H,29,31). The number of allylic oxidation sites excluding steroid dienone is 2. The number of carbonyl (C=O) groups is 1. The lowest BCUT2D eigenvalue weighted by molar-refractivity contribution is -0.274. The highest BCUT2D eigenvalue weighted by Gasteiger charge is 2.61. The van der Waals surface area contributed by atoms with Crippen molar-refractivity contribution >= 4 is 16.8 Å². The van der Waals surface area contributed by atoms with Crippen LogP contribution in [0.3, 0.4) is 0 Å². The Labute approximate surface area is 189 Å². The molecule has 0 saturated heterocycles. The van der Waals surface area contributed by atoms with E-state index < -0.39 is 41.8 Å². The fraction of sp³-hybridized carbons (Fsp3) is 0.458. The maximum Gasteiger partial charge on any atom is 0.417 e. The summed E-state index contributed by atoms with van der Waals surface area (Å²) in [5.74, 6) is -0.330. The average molecular weight is 468 g/mol. The van der Waals surface area contributed by atoms with E-state index in [-0.39, 0.29) is 11.6 Å². The molecule has 180 valence electrons. The summed E-state index contributed by atoms with van der Waals surface area (Å²) in [4.78, 5) is 14.7. The number of hydrogen-bond donors (Lipinski definition) is 3. The van der Waals surface area contributed by atoms with E-state index in [1.165, 1.54) is 52.3 Å². The number of nitrogens with one attached hydrogen (secondary N) is 2. The summed E-state index contributed by atoms with van der Waals surface area (Å²) in [6, 6.07) is 6.13. The van der Waals surface area contributed by atoms with Gasteiger partial charge in [0.15, 0.2) is 11.3 Å². The number of aromatic nitrogens is 1. The van der Waals surface area contributed by atoms with Crippen LogP contribution in [0, 0.1) is 5.41 Å². The van der Waals surface area contributed by atoms with E-state index in [0.717, 1.165) is 0 Å². The number of benzene rings is 1. The molecule has 1 amide bonds. The second-order valence-electron chi connectivity index (χ2n) is 9.11. The molecule has 0 aliphatic heterocycles. The Balaban J connectivity index is 1.96. The predicted octanol–water partition coefficient (Wildman–Crippen LogP) is 4.63. The van der Waals surface area contributed by atoms with Gasteiger partial charge in [0.2, 0.25) is 0 Å². The van der Waals surface area contributed by atoms with Crippen molar-refractivity contribution in [3.8, 4) is 0 Å². The number of hydrogen-bond acceptors (Lipinski definition) is 3. The second kappa shape index (κ2) is 8.61. The molecule has 0 fully saturated rings. The summed E-state index contributed by atoms with van der Waals surface area (Å²) >= 11 is 0. The summed E-state index contributed by atoms with van der Waals surface area (Å²) in [6.45, 7) is 2.69. The lowest BCUT2D eigenvalue weighted by Crippen LogP contribution is -2.57. The van der Waals surface area contributed by atoms with Gasteiger partial charge in [0, 0.05) is 48.2 Å². The largest absolute Gasteiger partial charge is 0.417 e. The lowest BCUT2D eigenvalue weighted by atomic mass is 9.65. The average Bonchev–Trinajstić information content (AvgIpc) is 3.13. The van der Waals surface area contributed by atoms with Gasteiger partial charge in [0.05, 0.1) is 0 Å². The van der Waals surface area contributed by atoms with Crippen LogP contribution in [0.15, 0.2) is 48.6 Å². The Kier molecular flexibility index (Phi) is 6.52. The molecule has 3 rings (SSSR count). The minimum atomic E-state index is -5.03. The number of carbonyl (C=O) groups excluding carboxylic acids is 1. The van der Waals surface area contributed by atoms with Crippen LogP contribution < -0.4 is 5.32 Å². The summed E-state index contributed by atoms with van der Waals surface area (Å²) in [6.07, 6.45) is -2.22. The molecular formula is C24H28F4N2O3. The molecule has 3 unspecified atom stereocenters. The van der Waals surface area contributed by atoms with Gasteiger partial charge in [-0.3, -0.25) is 4.79 Å². The van der Waals surface area contributed by atoms with E-state index in [1.807, 2.05) is 0 Å². The van der Waals surface area contributed by atoms with Crippen molar-refractivity contribution < 1.29 is 32.2 Å². The van der Waals surface area contributed by atoms with Crippen molar-refractivity contribution in [1.29, 1.82) is 0 Å². The van der Waals surface area contributed by atoms with Gasteiger partial charge in [-0.1, -0.05) is 32.1 Å². The SMILES string of the molecule is CNC(=O)c1ccc2[nH]c(CC(O)(CC(C)(C)C3(F)C=CC=CC3OC)C(F)(F)F)cc2c1. The van der Waals surface area contributed by atoms with E-state index in [2.05, 4.69) is 10.3 Å². The first-order valence-corrected chi connectivity index (χ1v) is 10.5. The fourth-order valence-corrected chi connectivity index (χ4v) is 4.47. The minimum Gasteiger partial charge on any atom is -0.380 e. The zero-order valence-electron chi connectivity index (χ0n) is 18.9. The van der Waals surface area contributed by atoms with Gasteiger partial charge < -0.3 is 20.1 Å². The van der Waals surface area contributed by atoms with Crippen LogP contribution in [0.1, 0.15) is 36.3 Å². The smallest absolute Gasteiger partial charge is 0.380 e. The number of rotatable bonds is 7. The molecule has 2 aromatic rings. The Morgan fingerprint density at radius 3 is 2.55 bits per heavy atom. The lowest BCUT2D eigenvalue weighted by Gasteiger charge is -2.47. The number of H-pyrrole nitrogens is 1. The predicted molar refractivity (Wildman–Crippen MR) is 118 cm³/mol. The maximum absolute atomic E-state index is 16.0. The number of aliphatic hydroxyl groups is 1. The maximum atomic E-state index is 16.0. The van der Waals surface area contributed by atoms with Crippen molar-refractivity contribution in [3.05, 3.63) is 59.8 Å². The van der Waals surface area contributed by atoms with Gasteiger partial charge in [0.1, 0.15) is 6.10 Å². The van der Waals surface area contributed by atoms with Crippen molar-refractivity contribution in [1.82, 2.24) is 10.3 Å². The molecule has 33 heavy (non-hydrogen) atoms. The van der Waals surface area contributed by atoms with E-state index in [9.17, 15) is 23.1 Å². The molecule has 1 aromatic carbocycles. The highest BCUT2D eigenvalue weighted by molar-refractivity contribution is 5.98. The molecule has 1 aliphatic carbocycles. The molecule has 5 nitrogen and oxygen atoms in total. The number of halogens is 4. The van der Waals surface area contributed by atoms with E-state index in [0.29, 0.717) is 16.5 Å². The molecular weight excluding hydrogens is 440 g/mol. The van der Waals surface area contributed by atoms with Crippen molar-refractivity contribution in [2.75, 3.05) is 14.2 Å². The van der Waals surface area contributed by atoms with Crippen LogP contribution in [-0.4, -0.2) is 53.7 Å². The number of aromatic amines is 1. The Morgan fingerprint density at radius 1 is 1.24 bits per heavy atom. The van der Waals surface area contributed by atoms with E-state index >= 15 is 4.39 Å². The van der Waals surface area contributed by atoms with Gasteiger partial charge in [0.25, 0.3) is 5.91 Å². The second-order valence-corrected chi connectivity index (χ2v) is 9.11. The molecule has 1 aromatic heterocycles. The van der Waals surface area contributed by atoms with Crippen molar-refractivity contribution in [2.45, 2.75) is 50.2 Å². The van der Waals surface area contributed by atoms with Gasteiger partial charge in [-0.15, -0.1) is 0 Å². The molecule has 1 heterocycles. The number of alkyl halides is 4. The van der Waals surface area contributed by atoms with Crippen molar-refractivity contribution in [3.63, 3.8) is 0 Å². The highest BCUT2D eigenvalue weighted by Crippen LogP contribution is 2.50. The van der Waals surface area contributed by atoms with Gasteiger partial charge >= 0.3 is 6.18 Å². The number of ether oxygens (including phenoxy) is 1. The third kappa shape index (κ3) is 4.56. The van der Waals surface area contributed by atoms with Gasteiger partial charge in [-0.2, -0.15) is 13.2 Å². The minimum absolute atomic E-state index is 0.116. The number of fused-ring (bicyclic) bond motifs is 1. The quantitative estimate of drug-likeness (QED) is 0.519. The summed E-state index contributed by atoms with van der Waals surface area (Å²) in [5, 5.41) is 13.9. The Hall–Kier alpha value is -2.65. The monoisotopic (exact) mass is 468 g/mol. The first kappa shape index (κ1) is 25.0. The zero-order chi connectivity index (χ0) is 24.7.